The van der Waals surface area contributed by atoms with Crippen LogP contribution in [0.25, 0.3) is 0 Å². The molecule has 126 valence electrons. The number of carbonyl (C=O) groups excluding carboxylic acids is 1. The Bertz CT molecular complexity index is 782. The minimum atomic E-state index is -0.265. The van der Waals surface area contributed by atoms with E-state index in [4.69, 9.17) is 18.6 Å². The van der Waals surface area contributed by atoms with Gasteiger partial charge in [0, 0.05) is 23.3 Å². The minimum Gasteiger partial charge on any atom is -0.493 e. The zero-order chi connectivity index (χ0) is 17.4. The molecule has 1 aromatic heterocycles. The summed E-state index contributed by atoms with van der Waals surface area (Å²) in [6, 6.07) is 5.07. The number of carbonyl (C=O) groups is 1. The number of methoxy groups -OCH3 is 3. The van der Waals surface area contributed by atoms with Crippen molar-refractivity contribution in [3.63, 3.8) is 0 Å². The Hall–Kier alpha value is -2.89. The molecule has 0 radical (unpaired) electrons. The fraction of sp³-hybridized carbons (Fsp3) is 0.278. The van der Waals surface area contributed by atoms with Crippen molar-refractivity contribution in [2.45, 2.75) is 13.0 Å². The van der Waals surface area contributed by atoms with Crippen LogP contribution in [0.2, 0.25) is 0 Å². The molecule has 24 heavy (non-hydrogen) atoms. The number of ether oxygens (including phenoxy) is 3. The highest BCUT2D eigenvalue weighted by molar-refractivity contribution is 6.15. The molecule has 1 amide bonds. The van der Waals surface area contributed by atoms with Gasteiger partial charge in [0.15, 0.2) is 11.5 Å². The first-order chi connectivity index (χ1) is 11.5. The number of anilines is 1. The molecule has 1 aromatic carbocycles. The van der Waals surface area contributed by atoms with Crippen molar-refractivity contribution in [1.82, 2.24) is 0 Å². The van der Waals surface area contributed by atoms with Crippen molar-refractivity contribution in [3.8, 4) is 17.2 Å². The predicted octanol–water partition coefficient (Wildman–Crippen LogP) is 3.26. The Balaban J connectivity index is 2.09. The zero-order valence-corrected chi connectivity index (χ0v) is 14.1. The Morgan fingerprint density at radius 2 is 1.75 bits per heavy atom. The van der Waals surface area contributed by atoms with Gasteiger partial charge in [-0.25, -0.2) is 0 Å². The van der Waals surface area contributed by atoms with E-state index in [1.165, 1.54) is 21.3 Å². The average Bonchev–Trinajstić information content (AvgIpc) is 3.02. The lowest BCUT2D eigenvalue weighted by Gasteiger charge is -2.42. The van der Waals surface area contributed by atoms with Gasteiger partial charge in [0.1, 0.15) is 5.76 Å². The van der Waals surface area contributed by atoms with E-state index in [9.17, 15) is 4.79 Å². The Morgan fingerprint density at radius 3 is 2.21 bits per heavy atom. The van der Waals surface area contributed by atoms with Gasteiger partial charge in [0.05, 0.1) is 39.3 Å². The molecule has 0 bridgehead atoms. The molecule has 1 aliphatic heterocycles. The molecule has 2 heterocycles. The van der Waals surface area contributed by atoms with Crippen molar-refractivity contribution in [2.75, 3.05) is 26.2 Å². The van der Waals surface area contributed by atoms with Gasteiger partial charge < -0.3 is 18.6 Å². The topological polar surface area (TPSA) is 61.1 Å². The van der Waals surface area contributed by atoms with E-state index in [2.05, 4.69) is 6.58 Å². The molecule has 1 saturated heterocycles. The number of hydrogen-bond donors (Lipinski definition) is 0. The summed E-state index contributed by atoms with van der Waals surface area (Å²) in [5.74, 6) is 2.06. The first-order valence-electron chi connectivity index (χ1n) is 7.39. The number of amides is 1. The van der Waals surface area contributed by atoms with Crippen LogP contribution >= 0.6 is 0 Å². The van der Waals surface area contributed by atoms with Crippen LogP contribution in [0.3, 0.4) is 0 Å². The first kappa shape index (κ1) is 16.0. The maximum absolute atomic E-state index is 12.4. The van der Waals surface area contributed by atoms with Gasteiger partial charge in [-0.15, -0.1) is 0 Å². The van der Waals surface area contributed by atoms with Crippen molar-refractivity contribution < 1.29 is 23.4 Å². The summed E-state index contributed by atoms with van der Waals surface area (Å²) >= 11 is 0. The molecule has 0 saturated carbocycles. The van der Waals surface area contributed by atoms with Gasteiger partial charge in [-0.05, 0) is 13.0 Å². The van der Waals surface area contributed by atoms with Crippen molar-refractivity contribution in [1.29, 1.82) is 0 Å². The van der Waals surface area contributed by atoms with E-state index in [1.807, 2.05) is 13.0 Å². The number of rotatable bonds is 5. The molecule has 1 aliphatic rings. The third-order valence-corrected chi connectivity index (χ3v) is 4.20. The molecule has 1 fully saturated rings. The Labute approximate surface area is 140 Å². The fourth-order valence-electron chi connectivity index (χ4n) is 2.96. The van der Waals surface area contributed by atoms with Crippen molar-refractivity contribution in [2.24, 2.45) is 0 Å². The monoisotopic (exact) mass is 329 g/mol. The summed E-state index contributed by atoms with van der Waals surface area (Å²) in [5, 5.41) is 0. The number of furan rings is 1. The van der Waals surface area contributed by atoms with Crippen LogP contribution in [0.5, 0.6) is 17.2 Å². The molecule has 6 nitrogen and oxygen atoms in total. The highest BCUT2D eigenvalue weighted by atomic mass is 16.5. The zero-order valence-electron chi connectivity index (χ0n) is 14.1. The minimum absolute atomic E-state index is 0.144. The second-order valence-corrected chi connectivity index (χ2v) is 5.42. The molecule has 0 spiro atoms. The van der Waals surface area contributed by atoms with E-state index < -0.39 is 0 Å². The fourth-order valence-corrected chi connectivity index (χ4v) is 2.96. The maximum Gasteiger partial charge on any atom is 0.256 e. The standard InChI is InChI=1S/C18H19NO5/c1-10-16(13-6-7-24-11(13)2)19(18(10)20)12-8-14(21-3)17(23-5)15(9-12)22-4/h6-9,16H,1H2,2-5H3. The van der Waals surface area contributed by atoms with E-state index in [0.29, 0.717) is 28.5 Å². The Kier molecular flexibility index (Phi) is 3.97. The van der Waals surface area contributed by atoms with Gasteiger partial charge in [-0.2, -0.15) is 0 Å². The van der Waals surface area contributed by atoms with Gasteiger partial charge in [-0.3, -0.25) is 9.69 Å². The molecule has 1 unspecified atom stereocenters. The second-order valence-electron chi connectivity index (χ2n) is 5.42. The summed E-state index contributed by atoms with van der Waals surface area (Å²) in [7, 11) is 4.61. The van der Waals surface area contributed by atoms with Crippen LogP contribution < -0.4 is 19.1 Å². The molecule has 0 aliphatic carbocycles. The average molecular weight is 329 g/mol. The van der Waals surface area contributed by atoms with Gasteiger partial charge in [0.25, 0.3) is 5.91 Å². The third-order valence-electron chi connectivity index (χ3n) is 4.20. The number of nitrogens with zero attached hydrogens (tertiary/aromatic N) is 1. The summed E-state index contributed by atoms with van der Waals surface area (Å²) in [4.78, 5) is 14.1. The smallest absolute Gasteiger partial charge is 0.256 e. The molecular weight excluding hydrogens is 310 g/mol. The predicted molar refractivity (Wildman–Crippen MR) is 88.9 cm³/mol. The lowest BCUT2D eigenvalue weighted by Crippen LogP contribution is -2.49. The summed E-state index contributed by atoms with van der Waals surface area (Å²) < 4.78 is 21.4. The summed E-state index contributed by atoms with van der Waals surface area (Å²) in [6.07, 6.45) is 1.61. The SMILES string of the molecule is C=C1C(=O)N(c2cc(OC)c(OC)c(OC)c2)C1c1ccoc1C. The molecule has 6 heteroatoms. The molecule has 1 atom stereocenters. The van der Waals surface area contributed by atoms with Crippen LogP contribution in [0, 0.1) is 6.92 Å². The number of β-lactam (4-membered cyclic amide) rings is 1. The highest BCUT2D eigenvalue weighted by Gasteiger charge is 2.44. The quantitative estimate of drug-likeness (QED) is 0.622. The number of hydrogen-bond acceptors (Lipinski definition) is 5. The second kappa shape index (κ2) is 5.96. The summed E-state index contributed by atoms with van der Waals surface area (Å²) in [5.41, 5.74) is 2.08. The van der Waals surface area contributed by atoms with E-state index in [1.54, 1.807) is 23.3 Å². The van der Waals surface area contributed by atoms with E-state index in [0.717, 1.165) is 11.3 Å². The largest absolute Gasteiger partial charge is 0.493 e. The lowest BCUT2D eigenvalue weighted by atomic mass is 9.88. The van der Waals surface area contributed by atoms with Crippen LogP contribution in [-0.4, -0.2) is 27.2 Å². The third kappa shape index (κ3) is 2.22. The van der Waals surface area contributed by atoms with Crippen LogP contribution in [0.4, 0.5) is 5.69 Å². The van der Waals surface area contributed by atoms with E-state index in [-0.39, 0.29) is 11.9 Å². The molecule has 2 aromatic rings. The van der Waals surface area contributed by atoms with Crippen LogP contribution in [0.1, 0.15) is 17.4 Å². The van der Waals surface area contributed by atoms with Crippen LogP contribution in [-0.2, 0) is 4.79 Å². The molecular formula is C18H19NO5. The first-order valence-corrected chi connectivity index (χ1v) is 7.39. The van der Waals surface area contributed by atoms with Gasteiger partial charge in [0.2, 0.25) is 5.75 Å². The normalized spacial score (nSPS) is 16.8. The molecule has 3 rings (SSSR count). The van der Waals surface area contributed by atoms with E-state index >= 15 is 0 Å². The summed E-state index contributed by atoms with van der Waals surface area (Å²) in [6.45, 7) is 5.75. The van der Waals surface area contributed by atoms with Crippen molar-refractivity contribution in [3.05, 3.63) is 47.9 Å². The molecule has 0 N–H and O–H groups in total. The number of aryl methyl sites for hydroxylation is 1. The van der Waals surface area contributed by atoms with Crippen LogP contribution in [0.15, 0.2) is 41.0 Å². The highest BCUT2D eigenvalue weighted by Crippen LogP contribution is 2.48. The number of benzene rings is 1. The van der Waals surface area contributed by atoms with Gasteiger partial charge >= 0.3 is 0 Å². The van der Waals surface area contributed by atoms with Gasteiger partial charge in [-0.1, -0.05) is 6.58 Å². The maximum atomic E-state index is 12.4. The van der Waals surface area contributed by atoms with Crippen molar-refractivity contribution >= 4 is 11.6 Å². The lowest BCUT2D eigenvalue weighted by molar-refractivity contribution is -0.119. The Morgan fingerprint density at radius 1 is 1.12 bits per heavy atom.